The number of aliphatic imine (C=N–C) groups is 1. The van der Waals surface area contributed by atoms with E-state index in [0.717, 1.165) is 11.1 Å². The second-order valence-electron chi connectivity index (χ2n) is 7.39. The predicted octanol–water partition coefficient (Wildman–Crippen LogP) is 1.85. The summed E-state index contributed by atoms with van der Waals surface area (Å²) in [6.07, 6.45) is 0.628. The lowest BCUT2D eigenvalue weighted by atomic mass is 10.1. The van der Waals surface area contributed by atoms with Gasteiger partial charge in [0.1, 0.15) is 0 Å². The lowest BCUT2D eigenvalue weighted by molar-refractivity contribution is -0.0149. The number of guanidine groups is 1. The Labute approximate surface area is 151 Å². The van der Waals surface area contributed by atoms with Gasteiger partial charge in [-0.05, 0) is 38.3 Å². The van der Waals surface area contributed by atoms with E-state index in [1.165, 1.54) is 0 Å². The summed E-state index contributed by atoms with van der Waals surface area (Å²) >= 11 is 0. The molecule has 140 valence electrons. The van der Waals surface area contributed by atoms with Crippen LogP contribution >= 0.6 is 0 Å². The van der Waals surface area contributed by atoms with Crippen LogP contribution in [0.15, 0.2) is 29.3 Å². The van der Waals surface area contributed by atoms with E-state index in [4.69, 9.17) is 4.74 Å². The molecule has 0 amide bonds. The van der Waals surface area contributed by atoms with E-state index in [9.17, 15) is 8.42 Å². The normalized spacial score (nSPS) is 20.5. The molecule has 1 aliphatic rings. The van der Waals surface area contributed by atoms with Crippen molar-refractivity contribution in [3.8, 4) is 0 Å². The standard InChI is InChI=1S/C18H29N3O3S/c1-18(2,3)24-12-15-7-5-6-14(10-15)11-20-17(19-4)21-16-8-9-25(22,23)13-16/h5-7,10,16H,8-9,11-13H2,1-4H3,(H2,19,20,21). The van der Waals surface area contributed by atoms with Crippen LogP contribution < -0.4 is 10.6 Å². The number of hydrogen-bond donors (Lipinski definition) is 2. The summed E-state index contributed by atoms with van der Waals surface area (Å²) in [7, 11) is -1.21. The third kappa shape index (κ3) is 7.04. The second-order valence-corrected chi connectivity index (χ2v) is 9.62. The molecule has 1 aliphatic heterocycles. The van der Waals surface area contributed by atoms with Crippen LogP contribution in [0.3, 0.4) is 0 Å². The summed E-state index contributed by atoms with van der Waals surface area (Å²) in [6, 6.07) is 8.14. The zero-order chi connectivity index (χ0) is 18.5. The molecular weight excluding hydrogens is 338 g/mol. The molecule has 1 unspecified atom stereocenters. The molecule has 2 N–H and O–H groups in total. The van der Waals surface area contributed by atoms with E-state index >= 15 is 0 Å². The third-order valence-corrected chi connectivity index (χ3v) is 5.69. The molecule has 1 aromatic carbocycles. The zero-order valence-corrected chi connectivity index (χ0v) is 16.3. The quantitative estimate of drug-likeness (QED) is 0.613. The summed E-state index contributed by atoms with van der Waals surface area (Å²) in [5.41, 5.74) is 2.08. The first-order valence-corrected chi connectivity index (χ1v) is 10.4. The van der Waals surface area contributed by atoms with Gasteiger partial charge >= 0.3 is 0 Å². The van der Waals surface area contributed by atoms with E-state index in [2.05, 4.69) is 21.7 Å². The van der Waals surface area contributed by atoms with E-state index in [1.807, 2.05) is 39.0 Å². The zero-order valence-electron chi connectivity index (χ0n) is 15.5. The van der Waals surface area contributed by atoms with Gasteiger partial charge in [0.25, 0.3) is 0 Å². The SMILES string of the molecule is CN=C(NCc1cccc(COC(C)(C)C)c1)NC1CCS(=O)(=O)C1. The van der Waals surface area contributed by atoms with Gasteiger partial charge in [0.15, 0.2) is 15.8 Å². The molecule has 2 rings (SSSR count). The van der Waals surface area contributed by atoms with E-state index < -0.39 is 9.84 Å². The van der Waals surface area contributed by atoms with Crippen LogP contribution in [0.5, 0.6) is 0 Å². The first-order valence-electron chi connectivity index (χ1n) is 8.56. The maximum Gasteiger partial charge on any atom is 0.191 e. The minimum absolute atomic E-state index is 0.0669. The van der Waals surface area contributed by atoms with Gasteiger partial charge in [-0.1, -0.05) is 24.3 Å². The first-order chi connectivity index (χ1) is 11.7. The van der Waals surface area contributed by atoms with Crippen LogP contribution in [0.4, 0.5) is 0 Å². The Morgan fingerprint density at radius 3 is 2.64 bits per heavy atom. The minimum atomic E-state index is -2.90. The molecule has 0 radical (unpaired) electrons. The summed E-state index contributed by atoms with van der Waals surface area (Å²) in [5, 5.41) is 6.43. The van der Waals surface area contributed by atoms with E-state index in [-0.39, 0.29) is 23.1 Å². The Hall–Kier alpha value is -1.60. The average molecular weight is 368 g/mol. The molecule has 7 heteroatoms. The Bertz CT molecular complexity index is 709. The molecule has 1 aromatic rings. The molecule has 1 heterocycles. The number of benzene rings is 1. The van der Waals surface area contributed by atoms with Gasteiger partial charge in [0, 0.05) is 19.6 Å². The van der Waals surface area contributed by atoms with E-state index in [0.29, 0.717) is 25.5 Å². The number of hydrogen-bond acceptors (Lipinski definition) is 4. The van der Waals surface area contributed by atoms with Crippen molar-refractivity contribution < 1.29 is 13.2 Å². The maximum absolute atomic E-state index is 11.5. The van der Waals surface area contributed by atoms with Gasteiger partial charge in [-0.25, -0.2) is 8.42 Å². The summed E-state index contributed by atoms with van der Waals surface area (Å²) in [4.78, 5) is 4.18. The van der Waals surface area contributed by atoms with Crippen LogP contribution in [0.2, 0.25) is 0 Å². The van der Waals surface area contributed by atoms with Gasteiger partial charge in [0.05, 0.1) is 23.7 Å². The third-order valence-electron chi connectivity index (χ3n) is 3.92. The van der Waals surface area contributed by atoms with Crippen molar-refractivity contribution in [1.82, 2.24) is 10.6 Å². The maximum atomic E-state index is 11.5. The fraction of sp³-hybridized carbons (Fsp3) is 0.611. The highest BCUT2D eigenvalue weighted by atomic mass is 32.2. The van der Waals surface area contributed by atoms with Crippen LogP contribution in [-0.2, 0) is 27.7 Å². The lowest BCUT2D eigenvalue weighted by Crippen LogP contribution is -2.43. The molecule has 1 saturated heterocycles. The summed E-state index contributed by atoms with van der Waals surface area (Å²) < 4.78 is 28.9. The van der Waals surface area contributed by atoms with Crippen molar-refractivity contribution in [1.29, 1.82) is 0 Å². The first kappa shape index (κ1) is 19.7. The van der Waals surface area contributed by atoms with Crippen LogP contribution in [0.1, 0.15) is 38.3 Å². The molecule has 0 spiro atoms. The Morgan fingerprint density at radius 2 is 2.04 bits per heavy atom. The van der Waals surface area contributed by atoms with Gasteiger partial charge in [-0.3, -0.25) is 4.99 Å². The number of ether oxygens (including phenoxy) is 1. The fourth-order valence-electron chi connectivity index (χ4n) is 2.61. The molecule has 25 heavy (non-hydrogen) atoms. The largest absolute Gasteiger partial charge is 0.371 e. The van der Waals surface area contributed by atoms with Gasteiger partial charge in [0.2, 0.25) is 0 Å². The monoisotopic (exact) mass is 367 g/mol. The average Bonchev–Trinajstić information content (AvgIpc) is 2.88. The topological polar surface area (TPSA) is 79.8 Å². The predicted molar refractivity (Wildman–Crippen MR) is 101 cm³/mol. The Balaban J connectivity index is 1.87. The second kappa shape index (κ2) is 8.19. The highest BCUT2D eigenvalue weighted by Gasteiger charge is 2.28. The molecule has 0 saturated carbocycles. The van der Waals surface area contributed by atoms with E-state index in [1.54, 1.807) is 7.05 Å². The minimum Gasteiger partial charge on any atom is -0.371 e. The van der Waals surface area contributed by atoms with Gasteiger partial charge < -0.3 is 15.4 Å². The molecule has 0 aliphatic carbocycles. The smallest absolute Gasteiger partial charge is 0.191 e. The van der Waals surface area contributed by atoms with Crippen molar-refractivity contribution in [2.45, 2.75) is 52.0 Å². The van der Waals surface area contributed by atoms with Gasteiger partial charge in [-0.15, -0.1) is 0 Å². The fourth-order valence-corrected chi connectivity index (χ4v) is 4.29. The molecule has 0 aromatic heterocycles. The summed E-state index contributed by atoms with van der Waals surface area (Å²) in [5.74, 6) is 1.04. The van der Waals surface area contributed by atoms with Crippen molar-refractivity contribution in [3.63, 3.8) is 0 Å². The number of nitrogens with zero attached hydrogens (tertiary/aromatic N) is 1. The highest BCUT2D eigenvalue weighted by molar-refractivity contribution is 7.91. The molecule has 6 nitrogen and oxygen atoms in total. The number of rotatable bonds is 5. The van der Waals surface area contributed by atoms with Crippen LogP contribution in [0, 0.1) is 0 Å². The lowest BCUT2D eigenvalue weighted by Gasteiger charge is -2.20. The molecular formula is C18H29N3O3S. The van der Waals surface area contributed by atoms with Gasteiger partial charge in [-0.2, -0.15) is 0 Å². The number of nitrogens with one attached hydrogen (secondary N) is 2. The van der Waals surface area contributed by atoms with Crippen LogP contribution in [-0.4, -0.2) is 44.6 Å². The van der Waals surface area contributed by atoms with Crippen LogP contribution in [0.25, 0.3) is 0 Å². The molecule has 0 bridgehead atoms. The summed E-state index contributed by atoms with van der Waals surface area (Å²) in [6.45, 7) is 7.30. The number of sulfone groups is 1. The molecule has 1 fully saturated rings. The Morgan fingerprint density at radius 1 is 1.32 bits per heavy atom. The van der Waals surface area contributed by atoms with Crippen molar-refractivity contribution in [3.05, 3.63) is 35.4 Å². The van der Waals surface area contributed by atoms with Crippen molar-refractivity contribution in [2.24, 2.45) is 4.99 Å². The highest BCUT2D eigenvalue weighted by Crippen LogP contribution is 2.13. The molecule has 1 atom stereocenters. The van der Waals surface area contributed by atoms with Crippen molar-refractivity contribution >= 4 is 15.8 Å². The Kier molecular flexibility index (Phi) is 6.46. The van der Waals surface area contributed by atoms with Crippen molar-refractivity contribution in [2.75, 3.05) is 18.6 Å².